The first kappa shape index (κ1) is 10.9. The molecular weight excluding hydrogens is 303 g/mol. The molecule has 2 rings (SSSR count). The summed E-state index contributed by atoms with van der Waals surface area (Å²) in [6.07, 6.45) is 0. The van der Waals surface area contributed by atoms with Gasteiger partial charge in [0.15, 0.2) is 5.13 Å². The Balaban J connectivity index is 2.21. The fourth-order valence-electron chi connectivity index (χ4n) is 1.01. The monoisotopic (exact) mass is 306 g/mol. The zero-order chi connectivity index (χ0) is 10.8. The van der Waals surface area contributed by atoms with Gasteiger partial charge in [-0.1, -0.05) is 11.6 Å². The lowest BCUT2D eigenvalue weighted by atomic mass is 10.3. The molecule has 6 heteroatoms. The molecule has 0 unspecified atom stereocenters. The van der Waals surface area contributed by atoms with Gasteiger partial charge in [0.05, 0.1) is 5.02 Å². The highest BCUT2D eigenvalue weighted by atomic mass is 79.9. The Morgan fingerprint density at radius 3 is 2.87 bits per heavy atom. The minimum absolute atomic E-state index is 0.112. The van der Waals surface area contributed by atoms with E-state index < -0.39 is 5.82 Å². The summed E-state index contributed by atoms with van der Waals surface area (Å²) in [6.45, 7) is 0. The summed E-state index contributed by atoms with van der Waals surface area (Å²) in [7, 11) is 0. The Morgan fingerprint density at radius 1 is 1.47 bits per heavy atom. The van der Waals surface area contributed by atoms with Crippen molar-refractivity contribution >= 4 is 49.7 Å². The molecule has 2 aromatic rings. The highest BCUT2D eigenvalue weighted by Crippen LogP contribution is 2.25. The summed E-state index contributed by atoms with van der Waals surface area (Å²) in [5.74, 6) is -0.447. The Morgan fingerprint density at radius 2 is 2.27 bits per heavy atom. The van der Waals surface area contributed by atoms with Crippen LogP contribution in [-0.4, -0.2) is 4.98 Å². The third-order valence-corrected chi connectivity index (χ3v) is 3.42. The molecule has 0 atom stereocenters. The van der Waals surface area contributed by atoms with Gasteiger partial charge >= 0.3 is 0 Å². The Bertz CT molecular complexity index is 489. The highest BCUT2D eigenvalue weighted by Gasteiger charge is 2.03. The average Bonchev–Trinajstić information content (AvgIpc) is 2.58. The number of rotatable bonds is 2. The van der Waals surface area contributed by atoms with Crippen molar-refractivity contribution in [1.29, 1.82) is 0 Å². The SMILES string of the molecule is Fc1cc(Nc2nc(Br)cs2)ccc1Cl. The van der Waals surface area contributed by atoms with Crippen LogP contribution in [0.1, 0.15) is 0 Å². The van der Waals surface area contributed by atoms with Gasteiger partial charge in [-0.2, -0.15) is 0 Å². The number of benzene rings is 1. The van der Waals surface area contributed by atoms with Gasteiger partial charge in [0.2, 0.25) is 0 Å². The minimum atomic E-state index is -0.447. The van der Waals surface area contributed by atoms with Crippen LogP contribution in [0.4, 0.5) is 15.2 Å². The van der Waals surface area contributed by atoms with E-state index in [4.69, 9.17) is 11.6 Å². The first-order valence-electron chi connectivity index (χ1n) is 3.98. The van der Waals surface area contributed by atoms with Crippen LogP contribution >= 0.6 is 38.9 Å². The first-order valence-corrected chi connectivity index (χ1v) is 6.03. The number of aromatic nitrogens is 1. The van der Waals surface area contributed by atoms with E-state index in [-0.39, 0.29) is 5.02 Å². The molecule has 0 saturated carbocycles. The molecule has 0 amide bonds. The van der Waals surface area contributed by atoms with E-state index in [1.165, 1.54) is 23.5 Å². The van der Waals surface area contributed by atoms with E-state index in [0.717, 1.165) is 4.60 Å². The molecule has 0 fully saturated rings. The van der Waals surface area contributed by atoms with Crippen LogP contribution in [-0.2, 0) is 0 Å². The fraction of sp³-hybridized carbons (Fsp3) is 0. The van der Waals surface area contributed by atoms with Crippen molar-refractivity contribution in [3.8, 4) is 0 Å². The fourth-order valence-corrected chi connectivity index (χ4v) is 2.29. The summed E-state index contributed by atoms with van der Waals surface area (Å²) in [4.78, 5) is 4.13. The molecule has 0 radical (unpaired) electrons. The van der Waals surface area contributed by atoms with Crippen LogP contribution in [0, 0.1) is 5.82 Å². The molecular formula is C9H5BrClFN2S. The Labute approximate surface area is 103 Å². The van der Waals surface area contributed by atoms with Gasteiger partial charge in [-0.15, -0.1) is 11.3 Å². The molecule has 1 heterocycles. The molecule has 78 valence electrons. The van der Waals surface area contributed by atoms with Crippen molar-refractivity contribution in [3.63, 3.8) is 0 Å². The van der Waals surface area contributed by atoms with Gasteiger partial charge in [-0.05, 0) is 34.1 Å². The molecule has 1 aromatic heterocycles. The molecule has 15 heavy (non-hydrogen) atoms. The van der Waals surface area contributed by atoms with Crippen LogP contribution in [0.25, 0.3) is 0 Å². The number of halogens is 3. The second-order valence-corrected chi connectivity index (χ2v) is 4.81. The maximum atomic E-state index is 13.1. The summed E-state index contributed by atoms with van der Waals surface area (Å²) < 4.78 is 13.8. The van der Waals surface area contributed by atoms with Gasteiger partial charge < -0.3 is 5.32 Å². The van der Waals surface area contributed by atoms with Gasteiger partial charge in [0.25, 0.3) is 0 Å². The van der Waals surface area contributed by atoms with Crippen molar-refractivity contribution in [1.82, 2.24) is 4.98 Å². The number of hydrogen-bond acceptors (Lipinski definition) is 3. The second-order valence-electron chi connectivity index (χ2n) is 2.73. The summed E-state index contributed by atoms with van der Waals surface area (Å²) in [5, 5.41) is 5.62. The topological polar surface area (TPSA) is 24.9 Å². The summed E-state index contributed by atoms with van der Waals surface area (Å²) >= 11 is 10.2. The van der Waals surface area contributed by atoms with Gasteiger partial charge in [-0.3, -0.25) is 0 Å². The number of hydrogen-bond donors (Lipinski definition) is 1. The molecule has 0 aliphatic rings. The van der Waals surface area contributed by atoms with Crippen LogP contribution in [0.15, 0.2) is 28.2 Å². The second kappa shape index (κ2) is 4.47. The van der Waals surface area contributed by atoms with E-state index in [1.807, 2.05) is 5.38 Å². The number of anilines is 2. The predicted molar refractivity (Wildman–Crippen MR) is 64.5 cm³/mol. The quantitative estimate of drug-likeness (QED) is 0.887. The van der Waals surface area contributed by atoms with Crippen molar-refractivity contribution in [2.45, 2.75) is 0 Å². The Hall–Kier alpha value is -0.650. The van der Waals surface area contributed by atoms with E-state index in [2.05, 4.69) is 26.2 Å². The molecule has 0 spiro atoms. The van der Waals surface area contributed by atoms with Gasteiger partial charge in [0.1, 0.15) is 10.4 Å². The molecule has 0 saturated heterocycles. The third-order valence-electron chi connectivity index (χ3n) is 1.65. The van der Waals surface area contributed by atoms with Crippen molar-refractivity contribution in [3.05, 3.63) is 39.0 Å². The molecule has 0 aliphatic carbocycles. The zero-order valence-electron chi connectivity index (χ0n) is 7.30. The number of nitrogens with zero attached hydrogens (tertiary/aromatic N) is 1. The smallest absolute Gasteiger partial charge is 0.188 e. The largest absolute Gasteiger partial charge is 0.331 e. The van der Waals surface area contributed by atoms with Crippen LogP contribution < -0.4 is 5.32 Å². The van der Waals surface area contributed by atoms with Crippen molar-refractivity contribution in [2.24, 2.45) is 0 Å². The molecule has 2 nitrogen and oxygen atoms in total. The lowest BCUT2D eigenvalue weighted by Crippen LogP contribution is -1.90. The number of thiazole rings is 1. The van der Waals surface area contributed by atoms with Gasteiger partial charge in [0, 0.05) is 11.1 Å². The van der Waals surface area contributed by atoms with E-state index >= 15 is 0 Å². The lowest BCUT2D eigenvalue weighted by molar-refractivity contribution is 0.629. The van der Waals surface area contributed by atoms with E-state index in [0.29, 0.717) is 10.8 Å². The van der Waals surface area contributed by atoms with Crippen molar-refractivity contribution in [2.75, 3.05) is 5.32 Å². The predicted octanol–water partition coefficient (Wildman–Crippen LogP) is 4.44. The third kappa shape index (κ3) is 2.68. The van der Waals surface area contributed by atoms with Crippen LogP contribution in [0.3, 0.4) is 0 Å². The summed E-state index contributed by atoms with van der Waals surface area (Å²) in [6, 6.07) is 4.53. The van der Waals surface area contributed by atoms with Gasteiger partial charge in [-0.25, -0.2) is 9.37 Å². The minimum Gasteiger partial charge on any atom is -0.331 e. The Kier molecular flexibility index (Phi) is 3.23. The van der Waals surface area contributed by atoms with Crippen LogP contribution in [0.5, 0.6) is 0 Å². The molecule has 1 aromatic carbocycles. The number of nitrogens with one attached hydrogen (secondary N) is 1. The van der Waals surface area contributed by atoms with Crippen molar-refractivity contribution < 1.29 is 4.39 Å². The molecule has 0 aliphatic heterocycles. The first-order chi connectivity index (χ1) is 7.15. The maximum Gasteiger partial charge on any atom is 0.188 e. The maximum absolute atomic E-state index is 13.1. The standard InChI is InChI=1S/C9H5BrClFN2S/c10-8-4-15-9(14-8)13-5-1-2-6(11)7(12)3-5/h1-4H,(H,13,14). The molecule has 1 N–H and O–H groups in total. The average molecular weight is 308 g/mol. The zero-order valence-corrected chi connectivity index (χ0v) is 10.5. The van der Waals surface area contributed by atoms with Crippen LogP contribution in [0.2, 0.25) is 5.02 Å². The van der Waals surface area contributed by atoms with E-state index in [1.54, 1.807) is 6.07 Å². The molecule has 0 bridgehead atoms. The van der Waals surface area contributed by atoms with E-state index in [9.17, 15) is 4.39 Å². The lowest BCUT2D eigenvalue weighted by Gasteiger charge is -2.02. The highest BCUT2D eigenvalue weighted by molar-refractivity contribution is 9.10. The summed E-state index contributed by atoms with van der Waals surface area (Å²) in [5.41, 5.74) is 0.624. The normalized spacial score (nSPS) is 10.3.